The number of amides is 1. The zero-order chi connectivity index (χ0) is 16.8. The number of aliphatic hydroxyl groups excluding tert-OH is 1. The van der Waals surface area contributed by atoms with Gasteiger partial charge in [0.25, 0.3) is 5.91 Å². The number of carbonyl (C=O) groups is 1. The molecule has 124 valence electrons. The Morgan fingerprint density at radius 3 is 2.75 bits per heavy atom. The lowest BCUT2D eigenvalue weighted by Crippen LogP contribution is -2.24. The molecule has 3 aromatic rings. The third-order valence-electron chi connectivity index (χ3n) is 3.91. The number of nitrogens with one attached hydrogen (secondary N) is 1. The minimum absolute atomic E-state index is 0.0919. The van der Waals surface area contributed by atoms with Crippen LogP contribution in [0.4, 0.5) is 0 Å². The first-order chi connectivity index (χ1) is 11.8. The number of carbonyl (C=O) groups excluding carboxylic acids is 1. The van der Waals surface area contributed by atoms with Gasteiger partial charge in [0.1, 0.15) is 5.65 Å². The Kier molecular flexibility index (Phi) is 5.23. The number of nitrogens with zero attached hydrogens (tertiary/aromatic N) is 2. The van der Waals surface area contributed by atoms with Crippen LogP contribution in [0, 0.1) is 0 Å². The number of pyridine rings is 1. The second kappa shape index (κ2) is 7.75. The first-order valence-corrected chi connectivity index (χ1v) is 8.21. The molecule has 0 spiro atoms. The van der Waals surface area contributed by atoms with Gasteiger partial charge in [0.15, 0.2) is 0 Å². The molecule has 2 N–H and O–H groups in total. The van der Waals surface area contributed by atoms with Gasteiger partial charge in [-0.1, -0.05) is 30.3 Å². The number of aliphatic hydroxyl groups is 1. The van der Waals surface area contributed by atoms with Crippen LogP contribution in [0.2, 0.25) is 0 Å². The predicted octanol–water partition coefficient (Wildman–Crippen LogP) is 2.89. The summed E-state index contributed by atoms with van der Waals surface area (Å²) in [6.45, 7) is 0.821. The lowest BCUT2D eigenvalue weighted by Gasteiger charge is -2.05. The largest absolute Gasteiger partial charge is 0.396 e. The molecule has 1 aromatic carbocycles. The van der Waals surface area contributed by atoms with E-state index in [2.05, 4.69) is 10.3 Å². The molecule has 2 aromatic heterocycles. The van der Waals surface area contributed by atoms with Gasteiger partial charge in [-0.25, -0.2) is 4.98 Å². The van der Waals surface area contributed by atoms with Crippen molar-refractivity contribution in [3.8, 4) is 11.3 Å². The van der Waals surface area contributed by atoms with E-state index < -0.39 is 0 Å². The van der Waals surface area contributed by atoms with Crippen molar-refractivity contribution in [3.63, 3.8) is 0 Å². The zero-order valence-corrected chi connectivity index (χ0v) is 13.5. The van der Waals surface area contributed by atoms with Crippen LogP contribution in [0.3, 0.4) is 0 Å². The lowest BCUT2D eigenvalue weighted by atomic mass is 10.2. The van der Waals surface area contributed by atoms with Crippen LogP contribution < -0.4 is 5.32 Å². The first-order valence-electron chi connectivity index (χ1n) is 8.21. The van der Waals surface area contributed by atoms with Gasteiger partial charge in [0.2, 0.25) is 0 Å². The minimum atomic E-state index is -0.0919. The molecule has 0 bridgehead atoms. The van der Waals surface area contributed by atoms with Crippen LogP contribution >= 0.6 is 0 Å². The number of hydrogen-bond donors (Lipinski definition) is 2. The topological polar surface area (TPSA) is 66.6 Å². The van der Waals surface area contributed by atoms with Crippen molar-refractivity contribution in [1.82, 2.24) is 14.7 Å². The maximum atomic E-state index is 12.2. The predicted molar refractivity (Wildman–Crippen MR) is 93.9 cm³/mol. The second-order valence-corrected chi connectivity index (χ2v) is 5.71. The smallest absolute Gasteiger partial charge is 0.251 e. The minimum Gasteiger partial charge on any atom is -0.396 e. The molecule has 0 radical (unpaired) electrons. The molecular weight excluding hydrogens is 302 g/mol. The van der Waals surface area contributed by atoms with Crippen molar-refractivity contribution in [3.05, 3.63) is 60.4 Å². The maximum Gasteiger partial charge on any atom is 0.251 e. The van der Waals surface area contributed by atoms with E-state index in [4.69, 9.17) is 5.11 Å². The van der Waals surface area contributed by atoms with Crippen molar-refractivity contribution < 1.29 is 9.90 Å². The van der Waals surface area contributed by atoms with Gasteiger partial charge in [-0.3, -0.25) is 4.79 Å². The van der Waals surface area contributed by atoms with Crippen LogP contribution in [0.5, 0.6) is 0 Å². The van der Waals surface area contributed by atoms with E-state index in [1.165, 1.54) is 0 Å². The molecule has 0 atom stereocenters. The molecule has 2 heterocycles. The third kappa shape index (κ3) is 3.81. The van der Waals surface area contributed by atoms with Gasteiger partial charge in [-0.2, -0.15) is 0 Å². The Labute approximate surface area is 141 Å². The number of imidazole rings is 1. The molecule has 5 nitrogen and oxygen atoms in total. The van der Waals surface area contributed by atoms with E-state index in [0.717, 1.165) is 36.2 Å². The molecular formula is C19H21N3O2. The van der Waals surface area contributed by atoms with Gasteiger partial charge in [0, 0.05) is 36.7 Å². The molecule has 5 heteroatoms. The summed E-state index contributed by atoms with van der Waals surface area (Å²) in [7, 11) is 0. The Bertz CT molecular complexity index is 812. The number of aromatic nitrogens is 2. The Morgan fingerprint density at radius 2 is 1.96 bits per heavy atom. The summed E-state index contributed by atoms with van der Waals surface area (Å²) in [6, 6.07) is 13.6. The van der Waals surface area contributed by atoms with E-state index in [9.17, 15) is 4.79 Å². The highest BCUT2D eigenvalue weighted by atomic mass is 16.2. The summed E-state index contributed by atoms with van der Waals surface area (Å²) in [6.07, 6.45) is 6.38. The molecule has 0 aliphatic heterocycles. The summed E-state index contributed by atoms with van der Waals surface area (Å²) in [4.78, 5) is 16.8. The third-order valence-corrected chi connectivity index (χ3v) is 3.91. The lowest BCUT2D eigenvalue weighted by molar-refractivity contribution is 0.0953. The summed E-state index contributed by atoms with van der Waals surface area (Å²) in [5.74, 6) is -0.0919. The van der Waals surface area contributed by atoms with Crippen molar-refractivity contribution in [1.29, 1.82) is 0 Å². The highest BCUT2D eigenvalue weighted by Gasteiger charge is 2.09. The fourth-order valence-electron chi connectivity index (χ4n) is 2.59. The monoisotopic (exact) mass is 323 g/mol. The summed E-state index contributed by atoms with van der Waals surface area (Å²) in [5.41, 5.74) is 3.30. The second-order valence-electron chi connectivity index (χ2n) is 5.71. The van der Waals surface area contributed by atoms with Gasteiger partial charge in [-0.15, -0.1) is 0 Å². The number of fused-ring (bicyclic) bond motifs is 1. The normalized spacial score (nSPS) is 10.9. The molecule has 0 aliphatic rings. The molecule has 0 aliphatic carbocycles. The number of rotatable bonds is 7. The number of unbranched alkanes of at least 4 members (excludes halogenated alkanes) is 2. The average Bonchev–Trinajstić information content (AvgIpc) is 3.05. The Hall–Kier alpha value is -2.66. The van der Waals surface area contributed by atoms with Crippen molar-refractivity contribution in [2.75, 3.05) is 13.2 Å². The quantitative estimate of drug-likeness (QED) is 0.657. The number of hydrogen-bond acceptors (Lipinski definition) is 3. The van der Waals surface area contributed by atoms with E-state index >= 15 is 0 Å². The highest BCUT2D eigenvalue weighted by Crippen LogP contribution is 2.19. The summed E-state index contributed by atoms with van der Waals surface area (Å²) < 4.78 is 1.92. The van der Waals surface area contributed by atoms with E-state index in [-0.39, 0.29) is 12.5 Å². The van der Waals surface area contributed by atoms with Gasteiger partial charge >= 0.3 is 0 Å². The van der Waals surface area contributed by atoms with Gasteiger partial charge in [-0.05, 0) is 31.4 Å². The van der Waals surface area contributed by atoms with Crippen LogP contribution in [0.15, 0.2) is 54.9 Å². The Balaban J connectivity index is 1.70. The van der Waals surface area contributed by atoms with E-state index in [1.54, 1.807) is 12.1 Å². The molecule has 0 fully saturated rings. The van der Waals surface area contributed by atoms with Crippen molar-refractivity contribution in [2.24, 2.45) is 0 Å². The standard InChI is InChI=1S/C19H21N3O2/c23-12-6-2-5-10-20-19(24)16-9-11-22-14-17(21-18(22)13-16)15-7-3-1-4-8-15/h1,3-4,7-9,11,13-14,23H,2,5-6,10,12H2,(H,20,24). The molecule has 24 heavy (non-hydrogen) atoms. The van der Waals surface area contributed by atoms with E-state index in [1.807, 2.05) is 47.1 Å². The Morgan fingerprint density at radius 1 is 1.12 bits per heavy atom. The molecule has 1 amide bonds. The van der Waals surface area contributed by atoms with Crippen LogP contribution in [0.25, 0.3) is 16.9 Å². The number of benzene rings is 1. The van der Waals surface area contributed by atoms with Gasteiger partial charge < -0.3 is 14.8 Å². The highest BCUT2D eigenvalue weighted by molar-refractivity contribution is 5.95. The molecule has 0 saturated carbocycles. The fourth-order valence-corrected chi connectivity index (χ4v) is 2.59. The average molecular weight is 323 g/mol. The first kappa shape index (κ1) is 16.2. The van der Waals surface area contributed by atoms with Crippen LogP contribution in [-0.4, -0.2) is 33.6 Å². The van der Waals surface area contributed by atoms with Crippen molar-refractivity contribution in [2.45, 2.75) is 19.3 Å². The zero-order valence-electron chi connectivity index (χ0n) is 13.5. The summed E-state index contributed by atoms with van der Waals surface area (Å²) in [5, 5.41) is 11.6. The van der Waals surface area contributed by atoms with Crippen LogP contribution in [-0.2, 0) is 0 Å². The van der Waals surface area contributed by atoms with Gasteiger partial charge in [0.05, 0.1) is 5.69 Å². The van der Waals surface area contributed by atoms with E-state index in [0.29, 0.717) is 12.1 Å². The summed E-state index contributed by atoms with van der Waals surface area (Å²) >= 11 is 0. The molecule has 0 saturated heterocycles. The maximum absolute atomic E-state index is 12.2. The van der Waals surface area contributed by atoms with Crippen LogP contribution in [0.1, 0.15) is 29.6 Å². The molecule has 0 unspecified atom stereocenters. The van der Waals surface area contributed by atoms with Crippen molar-refractivity contribution >= 4 is 11.6 Å². The molecule has 3 rings (SSSR count). The SMILES string of the molecule is O=C(NCCCCCO)c1ccn2cc(-c3ccccc3)nc2c1. The fraction of sp³-hybridized carbons (Fsp3) is 0.263.